The van der Waals surface area contributed by atoms with Crippen molar-refractivity contribution in [1.29, 1.82) is 0 Å². The van der Waals surface area contributed by atoms with Crippen molar-refractivity contribution in [3.8, 4) is 0 Å². The van der Waals surface area contributed by atoms with Crippen molar-refractivity contribution in [2.24, 2.45) is 0 Å². The number of carboxylic acids is 1. The molecule has 1 aliphatic rings. The van der Waals surface area contributed by atoms with Gasteiger partial charge in [0.15, 0.2) is 0 Å². The summed E-state index contributed by atoms with van der Waals surface area (Å²) in [6.07, 6.45) is 0.0815. The Morgan fingerprint density at radius 2 is 2.88 bits per heavy atom. The van der Waals surface area contributed by atoms with Gasteiger partial charge in [-0.1, -0.05) is 0 Å². The van der Waals surface area contributed by atoms with Gasteiger partial charge in [0.05, 0.1) is 1.37 Å². The molecule has 2 N–H and O–H groups in total. The minimum Gasteiger partial charge on any atom is -0.480 e. The zero-order valence-corrected chi connectivity index (χ0v) is 4.27. The highest BCUT2D eigenvalue weighted by atomic mass is 16.4. The molecule has 0 aromatic heterocycles. The van der Waals surface area contributed by atoms with E-state index in [2.05, 4.69) is 5.32 Å². The van der Waals surface area contributed by atoms with E-state index in [1.807, 2.05) is 0 Å². The number of aliphatic carboxylic acids is 1. The van der Waals surface area contributed by atoms with E-state index in [-0.39, 0.29) is 12.8 Å². The Balaban J connectivity index is 2.73. The first kappa shape index (κ1) is 2.82. The third-order valence-electron chi connectivity index (χ3n) is 0.997. The smallest absolute Gasteiger partial charge is 0.320 e. The van der Waals surface area contributed by atoms with Crippen molar-refractivity contribution < 1.29 is 14.0 Å². The van der Waals surface area contributed by atoms with E-state index in [4.69, 9.17) is 9.22 Å². The molecule has 1 unspecified atom stereocenters. The maximum atomic E-state index is 10.4. The summed E-state index contributed by atoms with van der Waals surface area (Å²) >= 11 is 0. The third kappa shape index (κ3) is 0.980. The molecule has 1 heterocycles. The first-order chi connectivity index (χ1) is 4.86. The van der Waals surface area contributed by atoms with E-state index in [0.717, 1.165) is 0 Å². The molecule has 0 spiro atoms. The number of carbonyl (C=O) groups is 1. The van der Waals surface area contributed by atoms with Crippen molar-refractivity contribution in [2.75, 3.05) is 6.50 Å². The van der Waals surface area contributed by atoms with Crippen LogP contribution in [0.2, 0.25) is 0 Å². The quantitative estimate of drug-likeness (QED) is 0.502. The topological polar surface area (TPSA) is 49.3 Å². The number of carboxylic acid groups (broad SMARTS) is 1. The van der Waals surface area contributed by atoms with Gasteiger partial charge in [-0.25, -0.2) is 0 Å². The van der Waals surface area contributed by atoms with Gasteiger partial charge in [0.2, 0.25) is 0 Å². The Bertz CT molecular complexity index is 196. The molecule has 1 atom stereocenters. The molecule has 1 saturated heterocycles. The number of nitrogens with one attached hydrogen (secondary N) is 1. The van der Waals surface area contributed by atoms with Crippen LogP contribution in [-0.2, 0) is 4.79 Å². The fourth-order valence-electron chi connectivity index (χ4n) is 0.580. The minimum absolute atomic E-state index is 0.00926. The maximum Gasteiger partial charge on any atom is 0.320 e. The molecule has 3 nitrogen and oxygen atoms in total. The van der Waals surface area contributed by atoms with Crippen molar-refractivity contribution in [3.63, 3.8) is 0 Å². The Morgan fingerprint density at radius 1 is 2.12 bits per heavy atom. The third-order valence-corrected chi connectivity index (χ3v) is 0.997. The molecule has 0 amide bonds. The molecule has 0 saturated carbocycles. The molecule has 0 aliphatic carbocycles. The largest absolute Gasteiger partial charge is 0.480 e. The summed E-state index contributed by atoms with van der Waals surface area (Å²) in [5.74, 6) is -1.32. The molecule has 0 aromatic carbocycles. The van der Waals surface area contributed by atoms with E-state index >= 15 is 0 Å². The van der Waals surface area contributed by atoms with Gasteiger partial charge >= 0.3 is 5.97 Å². The van der Waals surface area contributed by atoms with Crippen molar-refractivity contribution in [3.05, 3.63) is 0 Å². The van der Waals surface area contributed by atoms with Crippen LogP contribution in [0.3, 0.4) is 0 Å². The predicted molar refractivity (Wildman–Crippen MR) is 28.7 cm³/mol. The molecule has 1 fully saturated rings. The summed E-state index contributed by atoms with van der Waals surface area (Å²) in [4.78, 5) is 10.4. The summed E-state index contributed by atoms with van der Waals surface area (Å²) in [5.41, 5.74) is 0. The zero-order valence-electron chi connectivity index (χ0n) is 7.27. The highest BCUT2D eigenvalue weighted by molar-refractivity contribution is 5.73. The van der Waals surface area contributed by atoms with Crippen LogP contribution in [0.5, 0.6) is 0 Å². The van der Waals surface area contributed by atoms with Crippen LogP contribution in [0.25, 0.3) is 0 Å². The minimum atomic E-state index is -1.83. The molecule has 0 radical (unpaired) electrons. The Kier molecular flexibility index (Phi) is 0.753. The van der Waals surface area contributed by atoms with Crippen LogP contribution < -0.4 is 5.32 Å². The Hall–Kier alpha value is -0.570. The highest BCUT2D eigenvalue weighted by Crippen LogP contribution is 2.03. The van der Waals surface area contributed by atoms with Crippen LogP contribution in [0, 0.1) is 0 Å². The summed E-state index contributed by atoms with van der Waals surface area (Å²) in [6.45, 7) is -1.71. The van der Waals surface area contributed by atoms with Gasteiger partial charge < -0.3 is 10.4 Å². The maximum absolute atomic E-state index is 10.4. The first-order valence-corrected chi connectivity index (χ1v) is 2.38. The molecule has 46 valence electrons. The fraction of sp³-hybridized carbons (Fsp3) is 0.800. The van der Waals surface area contributed by atoms with Gasteiger partial charge in [0, 0.05) is 2.74 Å². The standard InChI is InChI=1S/C5H9NO2/c7-5(8)4-2-1-3-6-4/h4,6H,1-3H2,(H,7,8)/i3D2,4D. The lowest BCUT2D eigenvalue weighted by atomic mass is 10.2. The fourth-order valence-corrected chi connectivity index (χ4v) is 0.580. The molecule has 1 aliphatic heterocycles. The highest BCUT2D eigenvalue weighted by Gasteiger charge is 2.20. The van der Waals surface area contributed by atoms with E-state index in [1.54, 1.807) is 0 Å². The van der Waals surface area contributed by atoms with Crippen LogP contribution in [0.4, 0.5) is 0 Å². The second kappa shape index (κ2) is 2.13. The van der Waals surface area contributed by atoms with Crippen molar-refractivity contribution in [1.82, 2.24) is 5.32 Å². The normalized spacial score (nSPS) is 49.2. The molecular formula is C5H9NO2. The second-order valence-corrected chi connectivity index (χ2v) is 1.59. The number of rotatable bonds is 1. The zero-order chi connectivity index (χ0) is 8.70. The molecular weight excluding hydrogens is 106 g/mol. The van der Waals surface area contributed by atoms with Gasteiger partial charge in [-0.2, -0.15) is 0 Å². The van der Waals surface area contributed by atoms with Crippen LogP contribution >= 0.6 is 0 Å². The molecule has 8 heavy (non-hydrogen) atoms. The van der Waals surface area contributed by atoms with Gasteiger partial charge in [-0.3, -0.25) is 4.79 Å². The lowest BCUT2D eigenvalue weighted by Gasteiger charge is -1.99. The Labute approximate surface area is 51.9 Å². The van der Waals surface area contributed by atoms with E-state index in [1.165, 1.54) is 0 Å². The van der Waals surface area contributed by atoms with Crippen molar-refractivity contribution in [2.45, 2.75) is 18.9 Å². The lowest BCUT2D eigenvalue weighted by Crippen LogP contribution is -2.29. The van der Waals surface area contributed by atoms with E-state index in [0.29, 0.717) is 0 Å². The average Bonchev–Trinajstić information content (AvgIpc) is 2.08. The summed E-state index contributed by atoms with van der Waals surface area (Å²) in [6, 6.07) is -1.83. The monoisotopic (exact) mass is 118 g/mol. The predicted octanol–water partition coefficient (Wildman–Crippen LogP) is -0.177. The summed E-state index contributed by atoms with van der Waals surface area (Å²) in [7, 11) is 0. The van der Waals surface area contributed by atoms with E-state index in [9.17, 15) is 4.79 Å². The summed E-state index contributed by atoms with van der Waals surface area (Å²) in [5, 5.41) is 10.6. The number of hydrogen-bond donors (Lipinski definition) is 2. The van der Waals surface area contributed by atoms with Crippen LogP contribution in [0.15, 0.2) is 0 Å². The Morgan fingerprint density at radius 3 is 3.12 bits per heavy atom. The van der Waals surface area contributed by atoms with Gasteiger partial charge in [-0.05, 0) is 19.3 Å². The van der Waals surface area contributed by atoms with Gasteiger partial charge in [-0.15, -0.1) is 0 Å². The van der Waals surface area contributed by atoms with Crippen molar-refractivity contribution >= 4 is 5.97 Å². The molecule has 0 aromatic rings. The van der Waals surface area contributed by atoms with E-state index < -0.39 is 18.5 Å². The average molecular weight is 118 g/mol. The number of hydrogen-bond acceptors (Lipinski definition) is 2. The summed E-state index contributed by atoms with van der Waals surface area (Å²) < 4.78 is 21.5. The molecule has 0 bridgehead atoms. The SMILES string of the molecule is [2H]C1([2H])CCC([2H])(C(=O)O)N1. The first-order valence-electron chi connectivity index (χ1n) is 3.88. The second-order valence-electron chi connectivity index (χ2n) is 1.59. The van der Waals surface area contributed by atoms with Crippen LogP contribution in [-0.4, -0.2) is 23.6 Å². The van der Waals surface area contributed by atoms with Crippen LogP contribution in [0.1, 0.15) is 17.0 Å². The lowest BCUT2D eigenvalue weighted by molar-refractivity contribution is -0.139. The molecule has 3 heteroatoms. The van der Waals surface area contributed by atoms with Gasteiger partial charge in [0.1, 0.15) is 6.02 Å². The van der Waals surface area contributed by atoms with Gasteiger partial charge in [0.25, 0.3) is 0 Å². The molecule has 1 rings (SSSR count).